The molecule has 1 N–H and O–H groups in total. The maximum atomic E-state index is 11.9. The van der Waals surface area contributed by atoms with Crippen LogP contribution in [0.15, 0.2) is 27.1 Å². The number of hydrogen-bond acceptors (Lipinski definition) is 2. The van der Waals surface area contributed by atoms with Gasteiger partial charge in [0.1, 0.15) is 0 Å². The van der Waals surface area contributed by atoms with Crippen LogP contribution in [-0.4, -0.2) is 31.5 Å². The SMILES string of the molecule is COCC(Cl)CCNC(=O)c1cc(Br)cc(Br)c1. The fourth-order valence-electron chi connectivity index (χ4n) is 1.39. The third kappa shape index (κ3) is 5.69. The molecule has 1 amide bonds. The molecule has 1 rings (SSSR count). The van der Waals surface area contributed by atoms with E-state index in [1.807, 2.05) is 6.07 Å². The van der Waals surface area contributed by atoms with E-state index in [0.717, 1.165) is 8.95 Å². The van der Waals surface area contributed by atoms with E-state index in [9.17, 15) is 4.79 Å². The maximum Gasteiger partial charge on any atom is 0.251 e. The van der Waals surface area contributed by atoms with Gasteiger partial charge < -0.3 is 10.1 Å². The Balaban J connectivity index is 2.45. The van der Waals surface area contributed by atoms with Crippen molar-refractivity contribution in [2.45, 2.75) is 11.8 Å². The smallest absolute Gasteiger partial charge is 0.251 e. The molecule has 18 heavy (non-hydrogen) atoms. The molecule has 0 aromatic heterocycles. The first-order chi connectivity index (χ1) is 8.52. The van der Waals surface area contributed by atoms with Gasteiger partial charge >= 0.3 is 0 Å². The number of alkyl halides is 1. The van der Waals surface area contributed by atoms with Gasteiger partial charge in [-0.2, -0.15) is 0 Å². The third-order valence-electron chi connectivity index (χ3n) is 2.22. The van der Waals surface area contributed by atoms with Gasteiger partial charge in [-0.05, 0) is 24.6 Å². The van der Waals surface area contributed by atoms with E-state index in [4.69, 9.17) is 16.3 Å². The molecular weight excluding hydrogens is 385 g/mol. The van der Waals surface area contributed by atoms with Gasteiger partial charge in [0.15, 0.2) is 0 Å². The van der Waals surface area contributed by atoms with Gasteiger partial charge in [-0.3, -0.25) is 4.79 Å². The summed E-state index contributed by atoms with van der Waals surface area (Å²) < 4.78 is 6.64. The number of halogens is 3. The summed E-state index contributed by atoms with van der Waals surface area (Å²) in [7, 11) is 1.60. The summed E-state index contributed by atoms with van der Waals surface area (Å²) >= 11 is 12.7. The second kappa shape index (κ2) is 8.15. The second-order valence-corrected chi connectivity index (χ2v) is 6.20. The Bertz CT molecular complexity index is 395. The summed E-state index contributed by atoms with van der Waals surface area (Å²) in [6.45, 7) is 1.01. The van der Waals surface area contributed by atoms with Gasteiger partial charge in [0.2, 0.25) is 0 Å². The normalized spacial score (nSPS) is 12.2. The van der Waals surface area contributed by atoms with Crippen molar-refractivity contribution in [2.24, 2.45) is 0 Å². The largest absolute Gasteiger partial charge is 0.383 e. The predicted octanol–water partition coefficient (Wildman–Crippen LogP) is 3.59. The minimum absolute atomic E-state index is 0.0791. The Morgan fingerprint density at radius 2 is 2.00 bits per heavy atom. The molecule has 0 fully saturated rings. The van der Waals surface area contributed by atoms with Crippen LogP contribution in [0.4, 0.5) is 0 Å². The van der Waals surface area contributed by atoms with Crippen LogP contribution in [0.25, 0.3) is 0 Å². The second-order valence-electron chi connectivity index (χ2n) is 3.76. The number of nitrogens with one attached hydrogen (secondary N) is 1. The highest BCUT2D eigenvalue weighted by atomic mass is 79.9. The number of amides is 1. The molecule has 0 bridgehead atoms. The molecule has 0 spiro atoms. The molecular formula is C12H14Br2ClNO2. The van der Waals surface area contributed by atoms with Gasteiger partial charge in [0, 0.05) is 28.2 Å². The van der Waals surface area contributed by atoms with Crippen LogP contribution in [0.5, 0.6) is 0 Å². The minimum atomic E-state index is -0.113. The van der Waals surface area contributed by atoms with Crippen LogP contribution in [0.1, 0.15) is 16.8 Å². The van der Waals surface area contributed by atoms with E-state index >= 15 is 0 Å². The van der Waals surface area contributed by atoms with E-state index in [1.54, 1.807) is 19.2 Å². The highest BCUT2D eigenvalue weighted by Gasteiger charge is 2.09. The molecule has 0 aliphatic carbocycles. The number of hydrogen-bond donors (Lipinski definition) is 1. The fourth-order valence-corrected chi connectivity index (χ4v) is 2.92. The molecule has 1 aromatic carbocycles. The Labute approximate surface area is 128 Å². The number of rotatable bonds is 6. The molecule has 100 valence electrons. The molecule has 0 aliphatic heterocycles. The van der Waals surface area contributed by atoms with Crippen LogP contribution >= 0.6 is 43.5 Å². The summed E-state index contributed by atoms with van der Waals surface area (Å²) in [6.07, 6.45) is 0.677. The molecule has 0 saturated heterocycles. The van der Waals surface area contributed by atoms with Crippen molar-refractivity contribution in [3.63, 3.8) is 0 Å². The molecule has 6 heteroatoms. The summed E-state index contributed by atoms with van der Waals surface area (Å²) in [6, 6.07) is 5.42. The van der Waals surface area contributed by atoms with E-state index in [0.29, 0.717) is 25.1 Å². The van der Waals surface area contributed by atoms with Crippen LogP contribution in [0, 0.1) is 0 Å². The van der Waals surface area contributed by atoms with Gasteiger partial charge in [-0.1, -0.05) is 31.9 Å². The van der Waals surface area contributed by atoms with Gasteiger partial charge in [-0.15, -0.1) is 11.6 Å². The molecule has 3 nitrogen and oxygen atoms in total. The van der Waals surface area contributed by atoms with Crippen molar-refractivity contribution < 1.29 is 9.53 Å². The zero-order chi connectivity index (χ0) is 13.5. The summed E-state index contributed by atoms with van der Waals surface area (Å²) in [5.74, 6) is -0.113. The third-order valence-corrected chi connectivity index (χ3v) is 3.48. The Kier molecular flexibility index (Phi) is 7.22. The van der Waals surface area contributed by atoms with Gasteiger partial charge in [-0.25, -0.2) is 0 Å². The van der Waals surface area contributed by atoms with Crippen molar-refractivity contribution in [1.29, 1.82) is 0 Å². The van der Waals surface area contributed by atoms with E-state index in [-0.39, 0.29) is 11.3 Å². The van der Waals surface area contributed by atoms with E-state index in [2.05, 4.69) is 37.2 Å². The lowest BCUT2D eigenvalue weighted by Crippen LogP contribution is -2.27. The lowest BCUT2D eigenvalue weighted by molar-refractivity contribution is 0.0951. The van der Waals surface area contributed by atoms with Crippen molar-refractivity contribution in [2.75, 3.05) is 20.3 Å². The quantitative estimate of drug-likeness (QED) is 0.743. The lowest BCUT2D eigenvalue weighted by Gasteiger charge is -2.09. The molecule has 1 unspecified atom stereocenters. The Morgan fingerprint density at radius 1 is 1.39 bits per heavy atom. The Morgan fingerprint density at radius 3 is 2.56 bits per heavy atom. The zero-order valence-electron chi connectivity index (χ0n) is 9.88. The highest BCUT2D eigenvalue weighted by molar-refractivity contribution is 9.11. The molecule has 0 heterocycles. The van der Waals surface area contributed by atoms with Crippen LogP contribution in [-0.2, 0) is 4.74 Å². The maximum absolute atomic E-state index is 11.9. The molecule has 1 atom stereocenters. The average molecular weight is 400 g/mol. The first kappa shape index (κ1) is 16.0. The molecule has 0 saturated carbocycles. The number of carbonyl (C=O) groups is 1. The van der Waals surface area contributed by atoms with Gasteiger partial charge in [0.25, 0.3) is 5.91 Å². The summed E-state index contributed by atoms with van der Waals surface area (Å²) in [5, 5.41) is 2.74. The van der Waals surface area contributed by atoms with Gasteiger partial charge in [0.05, 0.1) is 12.0 Å². The monoisotopic (exact) mass is 397 g/mol. The van der Waals surface area contributed by atoms with E-state index in [1.165, 1.54) is 0 Å². The standard InChI is InChI=1S/C12H14Br2ClNO2/c1-18-7-11(15)2-3-16-12(17)8-4-9(13)6-10(14)5-8/h4-6,11H,2-3,7H2,1H3,(H,16,17). The number of ether oxygens (including phenoxy) is 1. The van der Waals surface area contributed by atoms with Crippen molar-refractivity contribution in [3.05, 3.63) is 32.7 Å². The topological polar surface area (TPSA) is 38.3 Å². The average Bonchev–Trinajstić information content (AvgIpc) is 2.27. The first-order valence-electron chi connectivity index (χ1n) is 5.40. The van der Waals surface area contributed by atoms with Crippen molar-refractivity contribution in [1.82, 2.24) is 5.32 Å². The first-order valence-corrected chi connectivity index (χ1v) is 7.42. The van der Waals surface area contributed by atoms with Crippen LogP contribution < -0.4 is 5.32 Å². The summed E-state index contributed by atoms with van der Waals surface area (Å²) in [5.41, 5.74) is 0.606. The van der Waals surface area contributed by atoms with E-state index < -0.39 is 0 Å². The summed E-state index contributed by atoms with van der Waals surface area (Å²) in [4.78, 5) is 11.9. The van der Waals surface area contributed by atoms with Crippen molar-refractivity contribution >= 4 is 49.4 Å². The molecule has 1 aromatic rings. The number of carbonyl (C=O) groups excluding carboxylic acids is 1. The molecule has 0 aliphatic rings. The van der Waals surface area contributed by atoms with Crippen molar-refractivity contribution in [3.8, 4) is 0 Å². The zero-order valence-corrected chi connectivity index (χ0v) is 13.8. The highest BCUT2D eigenvalue weighted by Crippen LogP contribution is 2.20. The molecule has 0 radical (unpaired) electrons. The minimum Gasteiger partial charge on any atom is -0.383 e. The number of methoxy groups -OCH3 is 1. The Hall–Kier alpha value is -0.100. The van der Waals surface area contributed by atoms with Crippen LogP contribution in [0.2, 0.25) is 0 Å². The fraction of sp³-hybridized carbons (Fsp3) is 0.417. The van der Waals surface area contributed by atoms with Crippen LogP contribution in [0.3, 0.4) is 0 Å². The number of benzene rings is 1. The predicted molar refractivity (Wildman–Crippen MR) is 80.3 cm³/mol. The lowest BCUT2D eigenvalue weighted by atomic mass is 10.2.